The molecule has 2 heterocycles. The van der Waals surface area contributed by atoms with Crippen LogP contribution in [0.15, 0.2) is 48.5 Å². The maximum absolute atomic E-state index is 13.8. The third-order valence-electron chi connectivity index (χ3n) is 6.16. The number of hydrogen-bond acceptors (Lipinski definition) is 5. The van der Waals surface area contributed by atoms with E-state index in [1.807, 2.05) is 0 Å². The second kappa shape index (κ2) is 11.8. The van der Waals surface area contributed by atoms with Gasteiger partial charge in [-0.05, 0) is 37.1 Å². The molecule has 0 radical (unpaired) electrons. The highest BCUT2D eigenvalue weighted by Gasteiger charge is 2.40. The van der Waals surface area contributed by atoms with Gasteiger partial charge in [0.05, 0.1) is 44.4 Å². The minimum atomic E-state index is -0.831. The van der Waals surface area contributed by atoms with Gasteiger partial charge in [0.15, 0.2) is 0 Å². The van der Waals surface area contributed by atoms with Crippen LogP contribution in [0, 0.1) is 5.82 Å². The Morgan fingerprint density at radius 3 is 2.77 bits per heavy atom. The number of rotatable bonds is 5. The summed E-state index contributed by atoms with van der Waals surface area (Å²) in [5.74, 6) is -0.607. The molecule has 0 aromatic heterocycles. The molecule has 2 aliphatic heterocycles. The van der Waals surface area contributed by atoms with E-state index in [9.17, 15) is 19.1 Å². The summed E-state index contributed by atoms with van der Waals surface area (Å²) < 4.78 is 25.6. The van der Waals surface area contributed by atoms with Crippen molar-refractivity contribution in [3.8, 4) is 0 Å². The summed E-state index contributed by atoms with van der Waals surface area (Å²) in [6, 6.07) is 12.4. The monoisotopic (exact) mass is 505 g/mol. The van der Waals surface area contributed by atoms with Crippen molar-refractivity contribution < 1.29 is 28.6 Å². The van der Waals surface area contributed by atoms with E-state index in [0.29, 0.717) is 29.1 Å². The van der Waals surface area contributed by atoms with Crippen molar-refractivity contribution in [1.29, 1.82) is 0 Å². The lowest BCUT2D eigenvalue weighted by molar-refractivity contribution is -0.149. The standard InChI is InChI=1S/C25H29ClFN3O5/c26-17-5-3-6-18(10-17)29-25(33)30-13-19(31)14-34-15-23-22(30)9-8-20(35-23)11-24(32)28-12-16-4-1-2-7-21(16)27/h1-7,10,19-20,22-23,31H,8-9,11-15H2,(H,28,32)(H,29,33)/t19-,20-,22+,23-/m0/s1. The first kappa shape index (κ1) is 25.4. The van der Waals surface area contributed by atoms with Crippen molar-refractivity contribution in [2.24, 2.45) is 0 Å². The number of carbonyl (C=O) groups excluding carboxylic acids is 2. The molecule has 0 aliphatic carbocycles. The fraction of sp³-hybridized carbons (Fsp3) is 0.440. The van der Waals surface area contributed by atoms with E-state index in [0.717, 1.165) is 0 Å². The molecule has 0 saturated carbocycles. The first-order chi connectivity index (χ1) is 16.9. The quantitative estimate of drug-likeness (QED) is 0.579. The van der Waals surface area contributed by atoms with E-state index < -0.39 is 12.2 Å². The van der Waals surface area contributed by atoms with Crippen LogP contribution in [0.1, 0.15) is 24.8 Å². The van der Waals surface area contributed by atoms with E-state index in [-0.39, 0.29) is 62.6 Å². The molecule has 2 fully saturated rings. The lowest BCUT2D eigenvalue weighted by Crippen LogP contribution is -2.58. The highest BCUT2D eigenvalue weighted by atomic mass is 35.5. The van der Waals surface area contributed by atoms with Gasteiger partial charge in [0.1, 0.15) is 11.9 Å². The molecule has 2 aromatic carbocycles. The van der Waals surface area contributed by atoms with Crippen molar-refractivity contribution in [3.63, 3.8) is 0 Å². The van der Waals surface area contributed by atoms with E-state index >= 15 is 0 Å². The molecule has 4 atom stereocenters. The van der Waals surface area contributed by atoms with Gasteiger partial charge in [0.25, 0.3) is 0 Å². The maximum atomic E-state index is 13.8. The number of hydrogen-bond donors (Lipinski definition) is 3. The number of nitrogens with zero attached hydrogens (tertiary/aromatic N) is 1. The van der Waals surface area contributed by atoms with Gasteiger partial charge in [-0.25, -0.2) is 9.18 Å². The van der Waals surface area contributed by atoms with Gasteiger partial charge in [0, 0.05) is 22.8 Å². The molecule has 8 nitrogen and oxygen atoms in total. The topological polar surface area (TPSA) is 100 Å². The summed E-state index contributed by atoms with van der Waals surface area (Å²) in [6.07, 6.45) is -0.397. The number of anilines is 1. The molecule has 3 amide bonds. The fourth-order valence-corrected chi connectivity index (χ4v) is 4.64. The summed E-state index contributed by atoms with van der Waals surface area (Å²) in [5.41, 5.74) is 0.965. The number of nitrogens with one attached hydrogen (secondary N) is 2. The number of fused-ring (bicyclic) bond motifs is 1. The van der Waals surface area contributed by atoms with Crippen molar-refractivity contribution >= 4 is 29.2 Å². The molecule has 0 spiro atoms. The Bertz CT molecular complexity index is 1040. The predicted octanol–water partition coefficient (Wildman–Crippen LogP) is 3.33. The molecule has 188 valence electrons. The molecule has 3 N–H and O–H groups in total. The number of β-amino-alcohol motifs (C(OH)–C–C–N with tert-alkyl or cyclic N) is 1. The zero-order valence-corrected chi connectivity index (χ0v) is 19.9. The lowest BCUT2D eigenvalue weighted by atomic mass is 9.95. The number of benzene rings is 2. The molecule has 35 heavy (non-hydrogen) atoms. The third kappa shape index (κ3) is 6.91. The van der Waals surface area contributed by atoms with Crippen molar-refractivity contribution in [1.82, 2.24) is 10.2 Å². The average molecular weight is 506 g/mol. The Morgan fingerprint density at radius 1 is 1.14 bits per heavy atom. The summed E-state index contributed by atoms with van der Waals surface area (Å²) in [4.78, 5) is 27.2. The van der Waals surface area contributed by atoms with Gasteiger partial charge >= 0.3 is 6.03 Å². The van der Waals surface area contributed by atoms with Crippen LogP contribution in [0.4, 0.5) is 14.9 Å². The van der Waals surface area contributed by atoms with Crippen LogP contribution in [-0.4, -0.2) is 66.1 Å². The molecular weight excluding hydrogens is 477 g/mol. The van der Waals surface area contributed by atoms with Gasteiger partial charge in [-0.15, -0.1) is 0 Å². The van der Waals surface area contributed by atoms with E-state index in [2.05, 4.69) is 10.6 Å². The predicted molar refractivity (Wildman–Crippen MR) is 129 cm³/mol. The van der Waals surface area contributed by atoms with Crippen molar-refractivity contribution in [2.45, 2.75) is 50.2 Å². The van der Waals surface area contributed by atoms with Gasteiger partial charge in [-0.3, -0.25) is 4.79 Å². The van der Waals surface area contributed by atoms with Gasteiger partial charge in [-0.1, -0.05) is 35.9 Å². The summed E-state index contributed by atoms with van der Waals surface area (Å²) in [5, 5.41) is 16.4. The Labute approximate surface area is 208 Å². The molecule has 2 saturated heterocycles. The van der Waals surface area contributed by atoms with Gasteiger partial charge in [0.2, 0.25) is 5.91 Å². The maximum Gasteiger partial charge on any atom is 0.322 e. The normalized spacial score (nSPS) is 24.6. The second-order valence-corrected chi connectivity index (χ2v) is 9.23. The smallest absolute Gasteiger partial charge is 0.322 e. The van der Waals surface area contributed by atoms with E-state index in [1.54, 1.807) is 47.4 Å². The highest BCUT2D eigenvalue weighted by molar-refractivity contribution is 6.30. The number of aliphatic hydroxyl groups excluding tert-OH is 1. The Hall–Kier alpha value is -2.72. The van der Waals surface area contributed by atoms with Crippen LogP contribution in [0.25, 0.3) is 0 Å². The summed E-state index contributed by atoms with van der Waals surface area (Å²) in [6.45, 7) is 0.449. The van der Waals surface area contributed by atoms with Crippen LogP contribution in [0.3, 0.4) is 0 Å². The Kier molecular flexibility index (Phi) is 8.56. The molecule has 10 heteroatoms. The molecule has 4 rings (SSSR count). The first-order valence-corrected chi connectivity index (χ1v) is 12.0. The van der Waals surface area contributed by atoms with E-state index in [4.69, 9.17) is 21.1 Å². The van der Waals surface area contributed by atoms with Crippen LogP contribution < -0.4 is 10.6 Å². The number of urea groups is 1. The second-order valence-electron chi connectivity index (χ2n) is 8.80. The van der Waals surface area contributed by atoms with Crippen LogP contribution in [-0.2, 0) is 20.8 Å². The van der Waals surface area contributed by atoms with Gasteiger partial charge in [-0.2, -0.15) is 0 Å². The van der Waals surface area contributed by atoms with Gasteiger partial charge < -0.3 is 30.1 Å². The summed E-state index contributed by atoms with van der Waals surface area (Å²) in [7, 11) is 0. The minimum Gasteiger partial charge on any atom is -0.389 e. The Morgan fingerprint density at radius 2 is 1.97 bits per heavy atom. The number of halogens is 2. The number of amides is 3. The SMILES string of the molecule is O=C(C[C@@H]1CC[C@@H]2[C@H](COC[C@@H](O)CN2C(=O)Nc2cccc(Cl)c2)O1)NCc1ccccc1F. The van der Waals surface area contributed by atoms with Crippen molar-refractivity contribution in [3.05, 3.63) is 64.9 Å². The first-order valence-electron chi connectivity index (χ1n) is 11.6. The number of carbonyl (C=O) groups is 2. The zero-order valence-electron chi connectivity index (χ0n) is 19.2. The fourth-order valence-electron chi connectivity index (χ4n) is 4.45. The largest absolute Gasteiger partial charge is 0.389 e. The third-order valence-corrected chi connectivity index (χ3v) is 6.40. The molecular formula is C25H29ClFN3O5. The zero-order chi connectivity index (χ0) is 24.8. The molecule has 0 unspecified atom stereocenters. The highest BCUT2D eigenvalue weighted by Crippen LogP contribution is 2.28. The van der Waals surface area contributed by atoms with Crippen LogP contribution >= 0.6 is 11.6 Å². The van der Waals surface area contributed by atoms with Crippen LogP contribution in [0.5, 0.6) is 0 Å². The molecule has 0 bridgehead atoms. The number of ether oxygens (including phenoxy) is 2. The lowest BCUT2D eigenvalue weighted by Gasteiger charge is -2.44. The van der Waals surface area contributed by atoms with E-state index in [1.165, 1.54) is 6.07 Å². The summed E-state index contributed by atoms with van der Waals surface area (Å²) >= 11 is 6.03. The van der Waals surface area contributed by atoms with Crippen LogP contribution in [0.2, 0.25) is 5.02 Å². The Balaban J connectivity index is 1.36. The number of aliphatic hydroxyl groups is 1. The molecule has 2 aromatic rings. The van der Waals surface area contributed by atoms with Crippen molar-refractivity contribution in [2.75, 3.05) is 25.1 Å². The molecule has 2 aliphatic rings. The average Bonchev–Trinajstić information content (AvgIpc) is 2.81. The minimum absolute atomic E-state index is 0.0708.